The Morgan fingerprint density at radius 2 is 2.10 bits per heavy atom. The molecule has 4 heteroatoms. The van der Waals surface area contributed by atoms with Gasteiger partial charge < -0.3 is 10.0 Å². The van der Waals surface area contributed by atoms with Crippen LogP contribution >= 0.6 is 15.9 Å². The zero-order chi connectivity index (χ0) is 14.5. The molecule has 0 aliphatic rings. The van der Waals surface area contributed by atoms with Crippen molar-refractivity contribution < 1.29 is 5.11 Å². The number of pyridine rings is 1. The molecule has 1 unspecified atom stereocenters. The number of halogens is 1. The van der Waals surface area contributed by atoms with E-state index in [1.54, 1.807) is 13.1 Å². The van der Waals surface area contributed by atoms with E-state index < -0.39 is 6.10 Å². The monoisotopic (exact) mass is 334 g/mol. The van der Waals surface area contributed by atoms with Gasteiger partial charge in [-0.3, -0.25) is 4.98 Å². The lowest BCUT2D eigenvalue weighted by Gasteiger charge is -2.26. The molecule has 0 saturated carbocycles. The van der Waals surface area contributed by atoms with Crippen LogP contribution in [0.4, 0.5) is 5.69 Å². The number of benzene rings is 1. The molecule has 1 N–H and O–H groups in total. The van der Waals surface area contributed by atoms with Crippen molar-refractivity contribution >= 4 is 21.6 Å². The second-order valence-corrected chi connectivity index (χ2v) is 5.63. The summed E-state index contributed by atoms with van der Waals surface area (Å²) >= 11 is 3.46. The summed E-state index contributed by atoms with van der Waals surface area (Å²) in [6.45, 7) is 5.49. The highest BCUT2D eigenvalue weighted by Gasteiger charge is 2.14. The fourth-order valence-corrected chi connectivity index (χ4v) is 2.58. The van der Waals surface area contributed by atoms with Gasteiger partial charge in [-0.25, -0.2) is 0 Å². The molecule has 1 heterocycles. The zero-order valence-electron chi connectivity index (χ0n) is 11.8. The van der Waals surface area contributed by atoms with Crippen LogP contribution < -0.4 is 4.90 Å². The minimum atomic E-state index is -0.500. The van der Waals surface area contributed by atoms with Gasteiger partial charge >= 0.3 is 0 Å². The number of rotatable bonds is 5. The summed E-state index contributed by atoms with van der Waals surface area (Å²) in [5, 5.41) is 9.98. The average molecular weight is 335 g/mol. The zero-order valence-corrected chi connectivity index (χ0v) is 13.3. The molecule has 3 nitrogen and oxygen atoms in total. The van der Waals surface area contributed by atoms with Gasteiger partial charge in [-0.1, -0.05) is 22.0 Å². The van der Waals surface area contributed by atoms with Gasteiger partial charge in [0.05, 0.1) is 18.3 Å². The van der Waals surface area contributed by atoms with E-state index in [4.69, 9.17) is 0 Å². The van der Waals surface area contributed by atoms with Gasteiger partial charge in [0.2, 0.25) is 0 Å². The van der Waals surface area contributed by atoms with Gasteiger partial charge in [0, 0.05) is 28.5 Å². The summed E-state index contributed by atoms with van der Waals surface area (Å²) in [6, 6.07) is 11.9. The van der Waals surface area contributed by atoms with E-state index >= 15 is 0 Å². The fourth-order valence-electron chi connectivity index (χ4n) is 2.20. The van der Waals surface area contributed by atoms with Gasteiger partial charge in [0.25, 0.3) is 0 Å². The van der Waals surface area contributed by atoms with Crippen molar-refractivity contribution in [2.24, 2.45) is 0 Å². The topological polar surface area (TPSA) is 36.4 Å². The van der Waals surface area contributed by atoms with Crippen LogP contribution in [0.25, 0.3) is 0 Å². The van der Waals surface area contributed by atoms with Crippen LogP contribution in [-0.4, -0.2) is 16.6 Å². The summed E-state index contributed by atoms with van der Waals surface area (Å²) in [6.07, 6.45) is 1.31. The Labute approximate surface area is 128 Å². The first-order chi connectivity index (χ1) is 9.61. The van der Waals surface area contributed by atoms with Gasteiger partial charge in [-0.2, -0.15) is 0 Å². The molecule has 2 rings (SSSR count). The van der Waals surface area contributed by atoms with Crippen LogP contribution in [0.1, 0.15) is 31.2 Å². The number of aromatic nitrogens is 1. The van der Waals surface area contributed by atoms with Gasteiger partial charge in [-0.05, 0) is 44.2 Å². The third-order valence-corrected chi connectivity index (χ3v) is 3.73. The number of aliphatic hydroxyl groups is 1. The third-order valence-electron chi connectivity index (χ3n) is 3.24. The number of aliphatic hydroxyl groups excluding tert-OH is 1. The predicted molar refractivity (Wildman–Crippen MR) is 85.7 cm³/mol. The maximum atomic E-state index is 9.98. The molecule has 0 aliphatic carbocycles. The summed E-state index contributed by atoms with van der Waals surface area (Å²) in [4.78, 5) is 6.59. The summed E-state index contributed by atoms with van der Waals surface area (Å²) in [5.74, 6) is 0. The Morgan fingerprint density at radius 3 is 2.70 bits per heavy atom. The van der Waals surface area contributed by atoms with Crippen LogP contribution in [0, 0.1) is 0 Å². The van der Waals surface area contributed by atoms with Crippen LogP contribution in [0.2, 0.25) is 0 Å². The van der Waals surface area contributed by atoms with E-state index in [9.17, 15) is 5.11 Å². The molecule has 0 amide bonds. The van der Waals surface area contributed by atoms with Crippen molar-refractivity contribution in [3.8, 4) is 0 Å². The molecule has 0 aliphatic heterocycles. The van der Waals surface area contributed by atoms with Crippen molar-refractivity contribution in [2.75, 3.05) is 11.4 Å². The molecule has 106 valence electrons. The lowest BCUT2D eigenvalue weighted by Crippen LogP contribution is -2.24. The smallest absolute Gasteiger partial charge is 0.0782 e. The molecular formula is C16H19BrN2O. The molecule has 1 aromatic carbocycles. The first kappa shape index (κ1) is 15.0. The number of hydrogen-bond donors (Lipinski definition) is 1. The van der Waals surface area contributed by atoms with E-state index in [0.29, 0.717) is 0 Å². The first-order valence-electron chi connectivity index (χ1n) is 6.74. The highest BCUT2D eigenvalue weighted by molar-refractivity contribution is 9.10. The SMILES string of the molecule is CCN(Cc1ccccn1)c1ccc(Br)cc1C(C)O. The van der Waals surface area contributed by atoms with Gasteiger partial charge in [0.1, 0.15) is 0 Å². The van der Waals surface area contributed by atoms with E-state index in [1.807, 2.05) is 36.4 Å². The summed E-state index contributed by atoms with van der Waals surface area (Å²) in [7, 11) is 0. The fraction of sp³-hybridized carbons (Fsp3) is 0.312. The van der Waals surface area contributed by atoms with Crippen LogP contribution in [0.5, 0.6) is 0 Å². The van der Waals surface area contributed by atoms with Crippen molar-refractivity contribution in [1.82, 2.24) is 4.98 Å². The van der Waals surface area contributed by atoms with Crippen molar-refractivity contribution in [2.45, 2.75) is 26.5 Å². The Bertz CT molecular complexity index is 558. The molecule has 1 atom stereocenters. The van der Waals surface area contributed by atoms with Crippen molar-refractivity contribution in [3.05, 3.63) is 58.3 Å². The number of anilines is 1. The Balaban J connectivity index is 2.32. The van der Waals surface area contributed by atoms with Crippen LogP contribution in [-0.2, 0) is 6.54 Å². The maximum Gasteiger partial charge on any atom is 0.0782 e. The predicted octanol–water partition coefficient (Wildman–Crippen LogP) is 3.92. The van der Waals surface area contributed by atoms with E-state index in [2.05, 4.69) is 32.7 Å². The molecule has 2 aromatic rings. The number of nitrogens with zero attached hydrogens (tertiary/aromatic N) is 2. The van der Waals surface area contributed by atoms with E-state index in [0.717, 1.165) is 34.5 Å². The molecule has 0 bridgehead atoms. The first-order valence-corrected chi connectivity index (χ1v) is 7.53. The third kappa shape index (κ3) is 3.58. The van der Waals surface area contributed by atoms with Crippen LogP contribution in [0.15, 0.2) is 47.1 Å². The molecule has 0 saturated heterocycles. The van der Waals surface area contributed by atoms with E-state index in [1.165, 1.54) is 0 Å². The molecule has 0 radical (unpaired) electrons. The Morgan fingerprint density at radius 1 is 1.30 bits per heavy atom. The summed E-state index contributed by atoms with van der Waals surface area (Å²) < 4.78 is 0.978. The lowest BCUT2D eigenvalue weighted by atomic mass is 10.1. The Kier molecular flexibility index (Phi) is 5.15. The summed E-state index contributed by atoms with van der Waals surface area (Å²) in [5.41, 5.74) is 3.00. The quantitative estimate of drug-likeness (QED) is 0.900. The standard InChI is InChI=1S/C16H19BrN2O/c1-3-19(11-14-6-4-5-9-18-14)16-8-7-13(17)10-15(16)12(2)20/h4-10,12,20H,3,11H2,1-2H3. The van der Waals surface area contributed by atoms with Gasteiger partial charge in [-0.15, -0.1) is 0 Å². The van der Waals surface area contributed by atoms with Crippen molar-refractivity contribution in [3.63, 3.8) is 0 Å². The van der Waals surface area contributed by atoms with Gasteiger partial charge in [0.15, 0.2) is 0 Å². The highest BCUT2D eigenvalue weighted by Crippen LogP contribution is 2.30. The highest BCUT2D eigenvalue weighted by atomic mass is 79.9. The Hall–Kier alpha value is -1.39. The van der Waals surface area contributed by atoms with Crippen LogP contribution in [0.3, 0.4) is 0 Å². The largest absolute Gasteiger partial charge is 0.389 e. The molecule has 0 fully saturated rings. The normalized spacial score (nSPS) is 12.2. The average Bonchev–Trinajstić information content (AvgIpc) is 2.46. The van der Waals surface area contributed by atoms with Crippen molar-refractivity contribution in [1.29, 1.82) is 0 Å². The molecular weight excluding hydrogens is 316 g/mol. The molecule has 1 aromatic heterocycles. The molecule has 0 spiro atoms. The minimum absolute atomic E-state index is 0.500. The minimum Gasteiger partial charge on any atom is -0.389 e. The van der Waals surface area contributed by atoms with E-state index in [-0.39, 0.29) is 0 Å². The molecule has 20 heavy (non-hydrogen) atoms. The maximum absolute atomic E-state index is 9.98. The number of hydrogen-bond acceptors (Lipinski definition) is 3. The lowest BCUT2D eigenvalue weighted by molar-refractivity contribution is 0.199. The second kappa shape index (κ2) is 6.86. The second-order valence-electron chi connectivity index (χ2n) is 4.71.